The number of phenolic OH excluding ortho intramolecular Hbond substituents is 1. The number of benzene rings is 2. The highest BCUT2D eigenvalue weighted by Gasteiger charge is 2.26. The van der Waals surface area contributed by atoms with Crippen LogP contribution >= 0.6 is 0 Å². The first-order chi connectivity index (χ1) is 11.0. The fourth-order valence-electron chi connectivity index (χ4n) is 3.10. The van der Waals surface area contributed by atoms with E-state index in [1.807, 2.05) is 0 Å². The summed E-state index contributed by atoms with van der Waals surface area (Å²) < 4.78 is 0. The summed E-state index contributed by atoms with van der Waals surface area (Å²) in [5, 5.41) is 10.8. The van der Waals surface area contributed by atoms with E-state index in [1.54, 1.807) is 0 Å². The quantitative estimate of drug-likeness (QED) is 0.673. The molecule has 130 valence electrons. The minimum atomic E-state index is -0.0950. The molecule has 0 aliphatic heterocycles. The van der Waals surface area contributed by atoms with Crippen LogP contribution in [0.4, 0.5) is 0 Å². The van der Waals surface area contributed by atoms with Crippen LogP contribution in [0.2, 0.25) is 0 Å². The molecule has 0 fully saturated rings. The van der Waals surface area contributed by atoms with Gasteiger partial charge in [0.1, 0.15) is 5.75 Å². The van der Waals surface area contributed by atoms with Gasteiger partial charge in [0, 0.05) is 11.1 Å². The molecule has 0 unspecified atom stereocenters. The van der Waals surface area contributed by atoms with Gasteiger partial charge in [-0.3, -0.25) is 0 Å². The molecule has 1 heteroatoms. The van der Waals surface area contributed by atoms with Gasteiger partial charge in [-0.05, 0) is 46.1 Å². The van der Waals surface area contributed by atoms with Crippen LogP contribution in [0.3, 0.4) is 0 Å². The van der Waals surface area contributed by atoms with E-state index in [2.05, 4.69) is 84.9 Å². The van der Waals surface area contributed by atoms with Crippen molar-refractivity contribution in [2.75, 3.05) is 0 Å². The van der Waals surface area contributed by atoms with Crippen molar-refractivity contribution in [1.82, 2.24) is 0 Å². The molecule has 2 aromatic rings. The van der Waals surface area contributed by atoms with Gasteiger partial charge in [0.05, 0.1) is 0 Å². The van der Waals surface area contributed by atoms with E-state index in [1.165, 1.54) is 23.1 Å². The Balaban J connectivity index is 2.62. The molecule has 1 N–H and O–H groups in total. The van der Waals surface area contributed by atoms with E-state index in [9.17, 15) is 5.11 Å². The second-order valence-electron chi connectivity index (χ2n) is 8.87. The minimum Gasteiger partial charge on any atom is -0.507 e. The second kappa shape index (κ2) is 6.63. The summed E-state index contributed by atoms with van der Waals surface area (Å²) in [4.78, 5) is 0. The number of hydrogen-bond donors (Lipinski definition) is 1. The first-order valence-electron chi connectivity index (χ1n) is 9.01. The normalized spacial score (nSPS) is 12.5. The molecule has 1 nitrogen and oxygen atoms in total. The molecular formula is C23H32O. The Hall–Kier alpha value is -1.76. The molecule has 0 heterocycles. The topological polar surface area (TPSA) is 20.2 Å². The molecule has 0 radical (unpaired) electrons. The molecule has 2 rings (SSSR count). The fourth-order valence-corrected chi connectivity index (χ4v) is 3.10. The van der Waals surface area contributed by atoms with Gasteiger partial charge in [0.15, 0.2) is 0 Å². The van der Waals surface area contributed by atoms with Crippen molar-refractivity contribution in [2.24, 2.45) is 0 Å². The molecule has 0 aliphatic carbocycles. The third kappa shape index (κ3) is 4.01. The lowest BCUT2D eigenvalue weighted by atomic mass is 9.77. The zero-order valence-corrected chi connectivity index (χ0v) is 16.3. The van der Waals surface area contributed by atoms with Crippen molar-refractivity contribution in [1.29, 1.82) is 0 Å². The first kappa shape index (κ1) is 18.6. The van der Waals surface area contributed by atoms with Gasteiger partial charge >= 0.3 is 0 Å². The van der Waals surface area contributed by atoms with E-state index in [-0.39, 0.29) is 10.8 Å². The second-order valence-corrected chi connectivity index (χ2v) is 8.87. The van der Waals surface area contributed by atoms with Gasteiger partial charge in [-0.25, -0.2) is 0 Å². The van der Waals surface area contributed by atoms with Gasteiger partial charge in [0.2, 0.25) is 0 Å². The van der Waals surface area contributed by atoms with Crippen molar-refractivity contribution in [3.8, 4) is 16.9 Å². The molecule has 0 spiro atoms. The lowest BCUT2D eigenvalue weighted by molar-refractivity contribution is 0.423. The van der Waals surface area contributed by atoms with E-state index >= 15 is 0 Å². The fraction of sp³-hybridized carbons (Fsp3) is 0.478. The summed E-state index contributed by atoms with van der Waals surface area (Å²) in [6.07, 6.45) is 2.29. The average Bonchev–Trinajstić information content (AvgIpc) is 2.46. The monoisotopic (exact) mass is 324 g/mol. The third-order valence-electron chi connectivity index (χ3n) is 4.55. The Labute approximate surface area is 147 Å². The molecule has 0 amide bonds. The maximum Gasteiger partial charge on any atom is 0.123 e. The molecule has 0 aromatic heterocycles. The maximum absolute atomic E-state index is 10.8. The number of aromatic hydroxyl groups is 1. The molecule has 2 aromatic carbocycles. The zero-order valence-electron chi connectivity index (χ0n) is 16.3. The first-order valence-corrected chi connectivity index (χ1v) is 9.01. The van der Waals surface area contributed by atoms with E-state index in [4.69, 9.17) is 0 Å². The highest BCUT2D eigenvalue weighted by atomic mass is 16.3. The van der Waals surface area contributed by atoms with E-state index < -0.39 is 0 Å². The summed E-state index contributed by atoms with van der Waals surface area (Å²) in [6.45, 7) is 15.1. The summed E-state index contributed by atoms with van der Waals surface area (Å²) in [6, 6.07) is 13.2. The van der Waals surface area contributed by atoms with Crippen molar-refractivity contribution >= 4 is 0 Å². The maximum atomic E-state index is 10.8. The summed E-state index contributed by atoms with van der Waals surface area (Å²) in [5.74, 6) is 0.446. The van der Waals surface area contributed by atoms with E-state index in [0.29, 0.717) is 5.75 Å². The molecule has 0 bridgehead atoms. The number of rotatable bonds is 3. The Morgan fingerprint density at radius 3 is 1.58 bits per heavy atom. The number of hydrogen-bond acceptors (Lipinski definition) is 1. The summed E-state index contributed by atoms with van der Waals surface area (Å²) in [5.41, 5.74) is 5.62. The SMILES string of the molecule is CCCc1ccc(-c2cc(C(C)(C)C)c(O)c(C(C)(C)C)c2)cc1. The van der Waals surface area contributed by atoms with Crippen molar-refractivity contribution < 1.29 is 5.11 Å². The molecule has 0 atom stereocenters. The van der Waals surface area contributed by atoms with Gasteiger partial charge in [-0.1, -0.05) is 79.2 Å². The average molecular weight is 325 g/mol. The van der Waals surface area contributed by atoms with Gasteiger partial charge in [0.25, 0.3) is 0 Å². The predicted molar refractivity (Wildman–Crippen MR) is 105 cm³/mol. The Morgan fingerprint density at radius 1 is 0.750 bits per heavy atom. The van der Waals surface area contributed by atoms with Crippen LogP contribution in [0.5, 0.6) is 5.75 Å². The standard InChI is InChI=1S/C23H32O/c1-8-9-16-10-12-17(13-11-16)18-14-19(22(2,3)4)21(24)20(15-18)23(5,6)7/h10-15,24H,8-9H2,1-7H3. The number of phenols is 1. The number of aryl methyl sites for hydroxylation is 1. The predicted octanol–water partition coefficient (Wildman–Crippen LogP) is 6.61. The Bertz CT molecular complexity index is 659. The van der Waals surface area contributed by atoms with Crippen molar-refractivity contribution in [2.45, 2.75) is 72.1 Å². The Morgan fingerprint density at radius 2 is 1.21 bits per heavy atom. The van der Waals surface area contributed by atoms with Crippen LogP contribution in [-0.4, -0.2) is 5.11 Å². The van der Waals surface area contributed by atoms with Crippen molar-refractivity contribution in [3.63, 3.8) is 0 Å². The minimum absolute atomic E-state index is 0.0950. The highest BCUT2D eigenvalue weighted by Crippen LogP contribution is 2.41. The zero-order chi connectivity index (χ0) is 18.1. The third-order valence-corrected chi connectivity index (χ3v) is 4.55. The molecule has 0 saturated carbocycles. The van der Waals surface area contributed by atoms with Gasteiger partial charge < -0.3 is 5.11 Å². The smallest absolute Gasteiger partial charge is 0.123 e. The summed E-state index contributed by atoms with van der Waals surface area (Å²) in [7, 11) is 0. The largest absolute Gasteiger partial charge is 0.507 e. The van der Waals surface area contributed by atoms with Crippen LogP contribution in [0.25, 0.3) is 11.1 Å². The van der Waals surface area contributed by atoms with Gasteiger partial charge in [-0.15, -0.1) is 0 Å². The van der Waals surface area contributed by atoms with Crippen LogP contribution in [0, 0.1) is 0 Å². The van der Waals surface area contributed by atoms with Gasteiger partial charge in [-0.2, -0.15) is 0 Å². The van der Waals surface area contributed by atoms with E-state index in [0.717, 1.165) is 17.5 Å². The van der Waals surface area contributed by atoms with Crippen LogP contribution in [0.1, 0.15) is 71.6 Å². The lowest BCUT2D eigenvalue weighted by Crippen LogP contribution is -2.17. The van der Waals surface area contributed by atoms with Crippen LogP contribution in [0.15, 0.2) is 36.4 Å². The van der Waals surface area contributed by atoms with Crippen LogP contribution in [-0.2, 0) is 17.3 Å². The summed E-state index contributed by atoms with van der Waals surface area (Å²) >= 11 is 0. The van der Waals surface area contributed by atoms with Crippen molar-refractivity contribution in [3.05, 3.63) is 53.1 Å². The molecule has 24 heavy (non-hydrogen) atoms. The Kier molecular flexibility index (Phi) is 5.13. The highest BCUT2D eigenvalue weighted by molar-refractivity contribution is 5.69. The van der Waals surface area contributed by atoms with Crippen LogP contribution < -0.4 is 0 Å². The lowest BCUT2D eigenvalue weighted by Gasteiger charge is -2.28. The molecule has 0 saturated heterocycles. The molecule has 0 aliphatic rings. The molecular weight excluding hydrogens is 292 g/mol.